The molecule has 0 fully saturated rings. The van der Waals surface area contributed by atoms with Crippen molar-refractivity contribution in [3.8, 4) is 0 Å². The van der Waals surface area contributed by atoms with Crippen LogP contribution in [0.25, 0.3) is 10.2 Å². The number of H-pyrrole nitrogens is 1. The Morgan fingerprint density at radius 1 is 1.42 bits per heavy atom. The van der Waals surface area contributed by atoms with Gasteiger partial charge < -0.3 is 5.32 Å². The Morgan fingerprint density at radius 2 is 2.37 bits per heavy atom. The van der Waals surface area contributed by atoms with Gasteiger partial charge in [-0.1, -0.05) is 11.8 Å². The van der Waals surface area contributed by atoms with Crippen LogP contribution in [-0.2, 0) is 0 Å². The van der Waals surface area contributed by atoms with Crippen molar-refractivity contribution in [2.75, 3.05) is 17.6 Å². The molecule has 3 rings (SSSR count). The minimum absolute atomic E-state index is 0.780. The number of aromatic nitrogens is 5. The Morgan fingerprint density at radius 3 is 3.21 bits per heavy atom. The normalized spacial score (nSPS) is 11.0. The second kappa shape index (κ2) is 5.54. The van der Waals surface area contributed by atoms with Gasteiger partial charge in [0.2, 0.25) is 5.16 Å². The van der Waals surface area contributed by atoms with Crippen LogP contribution in [0.4, 0.5) is 5.82 Å². The van der Waals surface area contributed by atoms with Crippen LogP contribution in [0.1, 0.15) is 5.82 Å². The third-order valence-electron chi connectivity index (χ3n) is 2.46. The molecule has 0 bridgehead atoms. The number of nitrogens with one attached hydrogen (secondary N) is 2. The molecule has 0 aliphatic heterocycles. The fraction of sp³-hybridized carbons (Fsp3) is 0.273. The molecule has 0 aliphatic carbocycles. The van der Waals surface area contributed by atoms with Crippen molar-refractivity contribution >= 4 is 39.1 Å². The summed E-state index contributed by atoms with van der Waals surface area (Å²) in [5.41, 5.74) is 0. The number of hydrogen-bond acceptors (Lipinski definition) is 7. The maximum atomic E-state index is 4.27. The Labute approximate surface area is 118 Å². The Hall–Kier alpha value is -1.67. The number of rotatable bonds is 5. The lowest BCUT2D eigenvalue weighted by Crippen LogP contribution is -2.06. The van der Waals surface area contributed by atoms with Gasteiger partial charge in [0.05, 0.1) is 5.39 Å². The summed E-state index contributed by atoms with van der Waals surface area (Å²) in [7, 11) is 0. The van der Waals surface area contributed by atoms with Crippen LogP contribution in [0.15, 0.2) is 22.9 Å². The van der Waals surface area contributed by atoms with E-state index in [1.165, 1.54) is 0 Å². The van der Waals surface area contributed by atoms with E-state index in [4.69, 9.17) is 0 Å². The van der Waals surface area contributed by atoms with Crippen molar-refractivity contribution in [1.82, 2.24) is 25.1 Å². The van der Waals surface area contributed by atoms with E-state index in [1.807, 2.05) is 18.4 Å². The van der Waals surface area contributed by atoms with Crippen LogP contribution in [-0.4, -0.2) is 37.4 Å². The summed E-state index contributed by atoms with van der Waals surface area (Å²) in [6.45, 7) is 2.70. The summed E-state index contributed by atoms with van der Waals surface area (Å²) < 4.78 is 0. The number of aromatic amines is 1. The van der Waals surface area contributed by atoms with E-state index >= 15 is 0 Å². The van der Waals surface area contributed by atoms with E-state index in [-0.39, 0.29) is 0 Å². The monoisotopic (exact) mass is 292 g/mol. The van der Waals surface area contributed by atoms with Gasteiger partial charge in [-0.3, -0.25) is 5.10 Å². The average Bonchev–Trinajstić information content (AvgIpc) is 3.03. The second-order valence-corrected chi connectivity index (χ2v) is 5.80. The van der Waals surface area contributed by atoms with Gasteiger partial charge in [-0.25, -0.2) is 15.0 Å². The SMILES string of the molecule is Cc1nc(SCCNc2ncnc3sccc23)n[nH]1. The molecule has 0 amide bonds. The van der Waals surface area contributed by atoms with Gasteiger partial charge in [0, 0.05) is 12.3 Å². The molecule has 0 atom stereocenters. The molecule has 8 heteroatoms. The minimum atomic E-state index is 0.780. The summed E-state index contributed by atoms with van der Waals surface area (Å²) >= 11 is 3.23. The van der Waals surface area contributed by atoms with E-state index in [0.717, 1.165) is 39.3 Å². The number of aryl methyl sites for hydroxylation is 1. The number of thioether (sulfide) groups is 1. The van der Waals surface area contributed by atoms with Gasteiger partial charge in [-0.15, -0.1) is 16.4 Å². The average molecular weight is 292 g/mol. The highest BCUT2D eigenvalue weighted by atomic mass is 32.2. The fourth-order valence-corrected chi connectivity index (χ4v) is 3.06. The van der Waals surface area contributed by atoms with Crippen LogP contribution in [0.2, 0.25) is 0 Å². The van der Waals surface area contributed by atoms with Gasteiger partial charge >= 0.3 is 0 Å². The highest BCUT2D eigenvalue weighted by molar-refractivity contribution is 7.99. The summed E-state index contributed by atoms with van der Waals surface area (Å²) in [5, 5.41) is 14.1. The summed E-state index contributed by atoms with van der Waals surface area (Å²) in [6.07, 6.45) is 1.59. The molecular formula is C11H12N6S2. The summed E-state index contributed by atoms with van der Waals surface area (Å²) in [4.78, 5) is 13.7. The van der Waals surface area contributed by atoms with Gasteiger partial charge in [-0.2, -0.15) is 0 Å². The lowest BCUT2D eigenvalue weighted by molar-refractivity contribution is 0.968. The topological polar surface area (TPSA) is 79.4 Å². The van der Waals surface area contributed by atoms with Crippen LogP contribution < -0.4 is 5.32 Å². The molecule has 0 radical (unpaired) electrons. The van der Waals surface area contributed by atoms with E-state index < -0.39 is 0 Å². The number of thiophene rings is 1. The first kappa shape index (κ1) is 12.4. The van der Waals surface area contributed by atoms with Crippen molar-refractivity contribution in [3.05, 3.63) is 23.6 Å². The Balaban J connectivity index is 1.56. The third kappa shape index (κ3) is 2.85. The first-order valence-corrected chi connectivity index (χ1v) is 7.63. The fourth-order valence-electron chi connectivity index (χ4n) is 1.63. The number of anilines is 1. The van der Waals surface area contributed by atoms with Gasteiger partial charge in [0.25, 0.3) is 0 Å². The molecule has 0 saturated carbocycles. The first-order valence-electron chi connectivity index (χ1n) is 5.77. The van der Waals surface area contributed by atoms with Crippen LogP contribution in [0, 0.1) is 6.92 Å². The van der Waals surface area contributed by atoms with Crippen molar-refractivity contribution < 1.29 is 0 Å². The summed E-state index contributed by atoms with van der Waals surface area (Å²) in [5.74, 6) is 2.61. The molecule has 3 heterocycles. The molecule has 0 saturated heterocycles. The molecule has 0 unspecified atom stereocenters. The van der Waals surface area contributed by atoms with E-state index in [1.54, 1.807) is 29.4 Å². The zero-order valence-corrected chi connectivity index (χ0v) is 11.9. The van der Waals surface area contributed by atoms with Crippen molar-refractivity contribution in [3.63, 3.8) is 0 Å². The van der Waals surface area contributed by atoms with Gasteiger partial charge in [0.15, 0.2) is 0 Å². The molecular weight excluding hydrogens is 280 g/mol. The van der Waals surface area contributed by atoms with Crippen molar-refractivity contribution in [2.24, 2.45) is 0 Å². The first-order chi connectivity index (χ1) is 9.33. The molecule has 98 valence electrons. The van der Waals surface area contributed by atoms with Gasteiger partial charge in [0.1, 0.15) is 22.8 Å². The quantitative estimate of drug-likeness (QED) is 0.555. The number of nitrogens with zero attached hydrogens (tertiary/aromatic N) is 4. The predicted octanol–water partition coefficient (Wildman–Crippen LogP) is 2.32. The Bertz CT molecular complexity index is 676. The third-order valence-corrected chi connectivity index (χ3v) is 4.13. The summed E-state index contributed by atoms with van der Waals surface area (Å²) in [6, 6.07) is 2.04. The van der Waals surface area contributed by atoms with E-state index in [2.05, 4.69) is 30.5 Å². The largest absolute Gasteiger partial charge is 0.369 e. The second-order valence-electron chi connectivity index (χ2n) is 3.84. The lowest BCUT2D eigenvalue weighted by Gasteiger charge is -2.04. The zero-order valence-electron chi connectivity index (χ0n) is 10.3. The minimum Gasteiger partial charge on any atom is -0.369 e. The zero-order chi connectivity index (χ0) is 13.1. The van der Waals surface area contributed by atoms with Crippen LogP contribution in [0.5, 0.6) is 0 Å². The van der Waals surface area contributed by atoms with Gasteiger partial charge in [-0.05, 0) is 18.4 Å². The number of hydrogen-bond donors (Lipinski definition) is 2. The van der Waals surface area contributed by atoms with Crippen LogP contribution in [0.3, 0.4) is 0 Å². The Kier molecular flexibility index (Phi) is 3.60. The number of fused-ring (bicyclic) bond motifs is 1. The van der Waals surface area contributed by atoms with Crippen LogP contribution >= 0.6 is 23.1 Å². The highest BCUT2D eigenvalue weighted by Gasteiger charge is 2.04. The standard InChI is InChI=1S/C11H12N6S2/c1-7-15-11(17-16-7)19-5-3-12-9-8-2-4-18-10(8)14-6-13-9/h2,4,6H,3,5H2,1H3,(H,12,13,14)(H,15,16,17). The van der Waals surface area contributed by atoms with Crippen molar-refractivity contribution in [1.29, 1.82) is 0 Å². The molecule has 2 N–H and O–H groups in total. The molecule has 19 heavy (non-hydrogen) atoms. The molecule has 0 spiro atoms. The van der Waals surface area contributed by atoms with E-state index in [0.29, 0.717) is 0 Å². The molecule has 0 aliphatic rings. The predicted molar refractivity (Wildman–Crippen MR) is 77.7 cm³/mol. The maximum absolute atomic E-state index is 4.27. The smallest absolute Gasteiger partial charge is 0.208 e. The molecule has 3 aromatic heterocycles. The molecule has 0 aromatic carbocycles. The highest BCUT2D eigenvalue weighted by Crippen LogP contribution is 2.23. The van der Waals surface area contributed by atoms with E-state index in [9.17, 15) is 0 Å². The maximum Gasteiger partial charge on any atom is 0.208 e. The lowest BCUT2D eigenvalue weighted by atomic mass is 10.4. The molecule has 3 aromatic rings. The molecule has 6 nitrogen and oxygen atoms in total. The van der Waals surface area contributed by atoms with Crippen molar-refractivity contribution in [2.45, 2.75) is 12.1 Å².